The molecule has 3 heteroatoms. The third-order valence-corrected chi connectivity index (χ3v) is 4.24. The van der Waals surface area contributed by atoms with E-state index in [4.69, 9.17) is 0 Å². The Morgan fingerprint density at radius 2 is 2.13 bits per heavy atom. The average molecular weight is 271 g/mol. The second-order valence-electron chi connectivity index (χ2n) is 4.57. The predicted molar refractivity (Wildman–Crippen MR) is 68.3 cm³/mol. The third-order valence-electron chi connectivity index (χ3n) is 2.87. The van der Waals surface area contributed by atoms with Gasteiger partial charge in [-0.1, -0.05) is 22.0 Å². The quantitative estimate of drug-likeness (QED) is 0.783. The van der Waals surface area contributed by atoms with Gasteiger partial charge in [-0.05, 0) is 39.4 Å². The van der Waals surface area contributed by atoms with Gasteiger partial charge in [0.1, 0.15) is 0 Å². The van der Waals surface area contributed by atoms with Gasteiger partial charge in [-0.15, -0.1) is 0 Å². The van der Waals surface area contributed by atoms with E-state index in [0.29, 0.717) is 0 Å². The Hall–Kier alpha value is -0.410. The highest BCUT2D eigenvalue weighted by molar-refractivity contribution is 9.09. The maximum Gasteiger partial charge on any atom is 0.0573 e. The van der Waals surface area contributed by atoms with Gasteiger partial charge in [0, 0.05) is 23.6 Å². The van der Waals surface area contributed by atoms with Crippen molar-refractivity contribution < 1.29 is 0 Å². The van der Waals surface area contributed by atoms with E-state index in [1.54, 1.807) is 0 Å². The van der Waals surface area contributed by atoms with Crippen molar-refractivity contribution in [2.24, 2.45) is 0 Å². The Morgan fingerprint density at radius 1 is 1.47 bits per heavy atom. The second-order valence-corrected chi connectivity index (χ2v) is 5.13. The summed E-state index contributed by atoms with van der Waals surface area (Å²) in [5.41, 5.74) is 2.58. The Labute approximate surface area is 101 Å². The van der Waals surface area contributed by atoms with E-state index < -0.39 is 0 Å². The number of aromatic nitrogens is 1. The van der Waals surface area contributed by atoms with Gasteiger partial charge in [-0.25, -0.2) is 0 Å². The van der Waals surface area contributed by atoms with E-state index in [1.807, 2.05) is 12.3 Å². The average Bonchev–Trinajstić information content (AvgIpc) is 2.21. The van der Waals surface area contributed by atoms with Crippen molar-refractivity contribution in [3.8, 4) is 0 Å². The number of pyridine rings is 1. The molecule has 0 saturated heterocycles. The van der Waals surface area contributed by atoms with Crippen LogP contribution in [0.15, 0.2) is 18.3 Å². The van der Waals surface area contributed by atoms with Crippen LogP contribution in [0.4, 0.5) is 0 Å². The number of alkyl halides is 1. The van der Waals surface area contributed by atoms with Gasteiger partial charge in [0.15, 0.2) is 0 Å². The lowest BCUT2D eigenvalue weighted by atomic mass is 10.1. The molecule has 1 rings (SSSR count). The summed E-state index contributed by atoms with van der Waals surface area (Å²) in [5, 5.41) is 0.961. The molecule has 1 heterocycles. The van der Waals surface area contributed by atoms with Crippen LogP contribution in [0, 0.1) is 6.92 Å². The molecule has 0 unspecified atom stereocenters. The molecule has 0 spiro atoms. The van der Waals surface area contributed by atoms with Crippen molar-refractivity contribution in [3.05, 3.63) is 29.6 Å². The summed E-state index contributed by atoms with van der Waals surface area (Å²) in [6, 6.07) is 4.09. The lowest BCUT2D eigenvalue weighted by Crippen LogP contribution is -2.42. The van der Waals surface area contributed by atoms with E-state index in [1.165, 1.54) is 5.56 Å². The third kappa shape index (κ3) is 3.28. The van der Waals surface area contributed by atoms with Crippen molar-refractivity contribution in [2.45, 2.75) is 32.9 Å². The van der Waals surface area contributed by atoms with Crippen LogP contribution in [0.25, 0.3) is 0 Å². The summed E-state index contributed by atoms with van der Waals surface area (Å²) in [6.45, 7) is 7.45. The molecule has 0 radical (unpaired) electrons. The van der Waals surface area contributed by atoms with Crippen LogP contribution in [0.5, 0.6) is 0 Å². The zero-order valence-corrected chi connectivity index (χ0v) is 11.5. The Morgan fingerprint density at radius 3 is 2.67 bits per heavy atom. The van der Waals surface area contributed by atoms with Gasteiger partial charge >= 0.3 is 0 Å². The van der Waals surface area contributed by atoms with Crippen molar-refractivity contribution in [2.75, 3.05) is 12.4 Å². The van der Waals surface area contributed by atoms with Crippen LogP contribution in [0.3, 0.4) is 0 Å². The molecule has 0 saturated carbocycles. The zero-order chi connectivity index (χ0) is 11.5. The highest BCUT2D eigenvalue weighted by Gasteiger charge is 2.22. The summed E-state index contributed by atoms with van der Waals surface area (Å²) >= 11 is 3.54. The van der Waals surface area contributed by atoms with Crippen molar-refractivity contribution in [3.63, 3.8) is 0 Å². The number of halogens is 1. The molecule has 0 aliphatic rings. The van der Waals surface area contributed by atoms with Crippen molar-refractivity contribution in [1.29, 1.82) is 0 Å². The molecule has 2 nitrogen and oxygen atoms in total. The minimum atomic E-state index is 0.157. The molecular formula is C12H19BrN2. The van der Waals surface area contributed by atoms with Gasteiger partial charge < -0.3 is 0 Å². The fourth-order valence-corrected chi connectivity index (χ4v) is 1.65. The van der Waals surface area contributed by atoms with Crippen LogP contribution in [-0.2, 0) is 6.54 Å². The lowest BCUT2D eigenvalue weighted by Gasteiger charge is -2.34. The molecule has 0 bridgehead atoms. The van der Waals surface area contributed by atoms with Gasteiger partial charge in [0.2, 0.25) is 0 Å². The molecular weight excluding hydrogens is 252 g/mol. The number of nitrogens with zero attached hydrogens (tertiary/aromatic N) is 2. The molecule has 15 heavy (non-hydrogen) atoms. The fraction of sp³-hybridized carbons (Fsp3) is 0.583. The number of rotatable bonds is 4. The molecule has 0 aromatic carbocycles. The van der Waals surface area contributed by atoms with Crippen LogP contribution < -0.4 is 0 Å². The molecule has 0 fully saturated rings. The molecule has 0 aliphatic carbocycles. The van der Waals surface area contributed by atoms with Crippen LogP contribution in [0.1, 0.15) is 25.1 Å². The largest absolute Gasteiger partial charge is 0.295 e. The van der Waals surface area contributed by atoms with Gasteiger partial charge in [0.25, 0.3) is 0 Å². The molecule has 1 aromatic rings. The number of hydrogen-bond donors (Lipinski definition) is 0. The SMILES string of the molecule is Cc1cccnc1CN(C)C(C)(C)CBr. The van der Waals surface area contributed by atoms with Crippen LogP contribution >= 0.6 is 15.9 Å². The Balaban J connectivity index is 2.75. The lowest BCUT2D eigenvalue weighted by molar-refractivity contribution is 0.171. The molecule has 0 amide bonds. The minimum absolute atomic E-state index is 0.157. The van der Waals surface area contributed by atoms with Gasteiger partial charge in [-0.2, -0.15) is 0 Å². The Bertz CT molecular complexity index is 323. The Kier molecular flexibility index (Phi) is 4.29. The first kappa shape index (κ1) is 12.7. The monoisotopic (exact) mass is 270 g/mol. The van der Waals surface area contributed by atoms with Crippen LogP contribution in [-0.4, -0.2) is 27.8 Å². The van der Waals surface area contributed by atoms with E-state index in [9.17, 15) is 0 Å². The molecule has 0 N–H and O–H groups in total. The topological polar surface area (TPSA) is 16.1 Å². The number of hydrogen-bond acceptors (Lipinski definition) is 2. The molecule has 84 valence electrons. The van der Waals surface area contributed by atoms with E-state index in [-0.39, 0.29) is 5.54 Å². The van der Waals surface area contributed by atoms with Gasteiger partial charge in [0.05, 0.1) is 5.69 Å². The number of aryl methyl sites for hydroxylation is 1. The maximum atomic E-state index is 4.41. The summed E-state index contributed by atoms with van der Waals surface area (Å²) in [4.78, 5) is 6.73. The van der Waals surface area contributed by atoms with Gasteiger partial charge in [-0.3, -0.25) is 9.88 Å². The van der Waals surface area contributed by atoms with Crippen molar-refractivity contribution in [1.82, 2.24) is 9.88 Å². The normalized spacial score (nSPS) is 12.1. The molecule has 0 atom stereocenters. The zero-order valence-electron chi connectivity index (χ0n) is 9.92. The highest BCUT2D eigenvalue weighted by atomic mass is 79.9. The fourth-order valence-electron chi connectivity index (χ4n) is 1.22. The summed E-state index contributed by atoms with van der Waals surface area (Å²) < 4.78 is 0. The first-order valence-corrected chi connectivity index (χ1v) is 6.27. The van der Waals surface area contributed by atoms with Crippen LogP contribution in [0.2, 0.25) is 0 Å². The maximum absolute atomic E-state index is 4.41. The summed E-state index contributed by atoms with van der Waals surface area (Å²) in [6.07, 6.45) is 1.86. The van der Waals surface area contributed by atoms with E-state index in [2.05, 4.69) is 59.7 Å². The van der Waals surface area contributed by atoms with E-state index >= 15 is 0 Å². The standard InChI is InChI=1S/C12H19BrN2/c1-10-6-5-7-14-11(10)8-15(4)12(2,3)9-13/h5-7H,8-9H2,1-4H3. The predicted octanol–water partition coefficient (Wildman–Crippen LogP) is 3.00. The highest BCUT2D eigenvalue weighted by Crippen LogP contribution is 2.18. The summed E-state index contributed by atoms with van der Waals surface area (Å²) in [7, 11) is 2.13. The second kappa shape index (κ2) is 5.08. The summed E-state index contributed by atoms with van der Waals surface area (Å²) in [5.74, 6) is 0. The molecule has 1 aromatic heterocycles. The first-order chi connectivity index (χ1) is 6.97. The first-order valence-electron chi connectivity index (χ1n) is 5.15. The minimum Gasteiger partial charge on any atom is -0.295 e. The van der Waals surface area contributed by atoms with Crippen molar-refractivity contribution >= 4 is 15.9 Å². The van der Waals surface area contributed by atoms with E-state index in [0.717, 1.165) is 17.6 Å². The molecule has 0 aliphatic heterocycles. The smallest absolute Gasteiger partial charge is 0.0573 e.